The third kappa shape index (κ3) is 5.89. The van der Waals surface area contributed by atoms with Gasteiger partial charge in [0.2, 0.25) is 0 Å². The standard InChI is InChI=1S/C21H28F3N5O3/c1-12-2-3-14(10-25-12)18(30)26-17-9-16(28-29-17)13-4-5-15(8-13)32-19(31)27-20(6-7-20)11-21(22,23)24/h2-3,10,13,15-17,28-29H,4-9,11H2,1H3,(H,26,30)(H,27,31)/t13-,15+,16?,17?/m0/s1. The molecule has 4 atom stereocenters. The maximum atomic E-state index is 12.7. The van der Waals surface area contributed by atoms with Gasteiger partial charge in [-0.2, -0.15) is 13.2 Å². The van der Waals surface area contributed by atoms with Crippen molar-refractivity contribution in [3.05, 3.63) is 29.6 Å². The number of amides is 2. The average Bonchev–Trinajstić information content (AvgIpc) is 3.09. The van der Waals surface area contributed by atoms with Gasteiger partial charge in [-0.15, -0.1) is 0 Å². The quantitative estimate of drug-likeness (QED) is 0.526. The molecule has 0 radical (unpaired) electrons. The number of alkyl halides is 3. The van der Waals surface area contributed by atoms with Crippen LogP contribution < -0.4 is 21.5 Å². The molecule has 1 aromatic rings. The van der Waals surface area contributed by atoms with Crippen LogP contribution in [-0.2, 0) is 4.74 Å². The van der Waals surface area contributed by atoms with Crippen LogP contribution in [0.25, 0.3) is 0 Å². The molecule has 2 heterocycles. The summed E-state index contributed by atoms with van der Waals surface area (Å²) in [5.41, 5.74) is 6.41. The summed E-state index contributed by atoms with van der Waals surface area (Å²) >= 11 is 0. The Morgan fingerprint density at radius 1 is 1.22 bits per heavy atom. The molecule has 1 aliphatic heterocycles. The molecule has 2 amide bonds. The van der Waals surface area contributed by atoms with Gasteiger partial charge in [-0.25, -0.2) is 10.2 Å². The molecule has 0 aromatic carbocycles. The van der Waals surface area contributed by atoms with Crippen LogP contribution in [0.15, 0.2) is 18.3 Å². The second-order valence-corrected chi connectivity index (χ2v) is 9.14. The van der Waals surface area contributed by atoms with E-state index < -0.39 is 24.2 Å². The van der Waals surface area contributed by atoms with Crippen molar-refractivity contribution >= 4 is 12.0 Å². The number of pyridine rings is 1. The fourth-order valence-electron chi connectivity index (χ4n) is 4.55. The van der Waals surface area contributed by atoms with Crippen molar-refractivity contribution in [3.8, 4) is 0 Å². The summed E-state index contributed by atoms with van der Waals surface area (Å²) in [6.45, 7) is 1.85. The maximum Gasteiger partial charge on any atom is 0.407 e. The minimum Gasteiger partial charge on any atom is -0.446 e. The van der Waals surface area contributed by atoms with Crippen LogP contribution in [0, 0.1) is 12.8 Å². The number of carbonyl (C=O) groups excluding carboxylic acids is 2. The highest BCUT2D eigenvalue weighted by molar-refractivity contribution is 5.94. The number of halogens is 3. The molecule has 2 aliphatic carbocycles. The monoisotopic (exact) mass is 455 g/mol. The number of hydrogen-bond donors (Lipinski definition) is 4. The third-order valence-electron chi connectivity index (χ3n) is 6.44. The van der Waals surface area contributed by atoms with Gasteiger partial charge >= 0.3 is 12.3 Å². The highest BCUT2D eigenvalue weighted by atomic mass is 19.4. The molecule has 8 nitrogen and oxygen atoms in total. The molecule has 1 saturated heterocycles. The molecule has 4 rings (SSSR count). The van der Waals surface area contributed by atoms with Crippen molar-refractivity contribution < 1.29 is 27.5 Å². The van der Waals surface area contributed by atoms with Crippen LogP contribution in [0.3, 0.4) is 0 Å². The first-order chi connectivity index (χ1) is 15.1. The van der Waals surface area contributed by atoms with E-state index in [0.29, 0.717) is 37.7 Å². The third-order valence-corrected chi connectivity index (χ3v) is 6.44. The van der Waals surface area contributed by atoms with Crippen LogP contribution in [-0.4, -0.2) is 47.0 Å². The summed E-state index contributed by atoms with van der Waals surface area (Å²) in [6.07, 6.45) is -1.72. The molecule has 4 N–H and O–H groups in total. The Bertz CT molecular complexity index is 844. The molecule has 176 valence electrons. The summed E-state index contributed by atoms with van der Waals surface area (Å²) in [4.78, 5) is 28.6. The molecular weight excluding hydrogens is 427 g/mol. The lowest BCUT2D eigenvalue weighted by Gasteiger charge is -2.21. The average molecular weight is 455 g/mol. The normalized spacial score (nSPS) is 28.9. The lowest BCUT2D eigenvalue weighted by molar-refractivity contribution is -0.141. The Balaban J connectivity index is 1.20. The van der Waals surface area contributed by atoms with Gasteiger partial charge in [0, 0.05) is 17.9 Å². The molecule has 2 saturated carbocycles. The van der Waals surface area contributed by atoms with Gasteiger partial charge in [-0.3, -0.25) is 15.2 Å². The zero-order valence-corrected chi connectivity index (χ0v) is 17.8. The first-order valence-electron chi connectivity index (χ1n) is 10.9. The number of nitrogens with one attached hydrogen (secondary N) is 4. The van der Waals surface area contributed by atoms with E-state index in [9.17, 15) is 22.8 Å². The van der Waals surface area contributed by atoms with Gasteiger partial charge in [0.1, 0.15) is 6.10 Å². The number of rotatable bonds is 6. The number of alkyl carbamates (subject to hydrolysis) is 1. The number of aromatic nitrogens is 1. The van der Waals surface area contributed by atoms with E-state index in [1.807, 2.05) is 6.92 Å². The van der Waals surface area contributed by atoms with Crippen molar-refractivity contribution in [1.29, 1.82) is 0 Å². The van der Waals surface area contributed by atoms with Gasteiger partial charge in [0.05, 0.1) is 23.7 Å². The molecular formula is C21H28F3N5O3. The largest absolute Gasteiger partial charge is 0.446 e. The molecule has 0 spiro atoms. The minimum absolute atomic E-state index is 0.0908. The van der Waals surface area contributed by atoms with Crippen LogP contribution in [0.2, 0.25) is 0 Å². The van der Waals surface area contributed by atoms with Crippen molar-refractivity contribution in [2.75, 3.05) is 0 Å². The predicted octanol–water partition coefficient (Wildman–Crippen LogP) is 2.69. The Morgan fingerprint density at radius 3 is 2.66 bits per heavy atom. The van der Waals surface area contributed by atoms with E-state index in [2.05, 4.69) is 26.5 Å². The predicted molar refractivity (Wildman–Crippen MR) is 108 cm³/mol. The number of carbonyl (C=O) groups is 2. The molecule has 0 bridgehead atoms. The zero-order chi connectivity index (χ0) is 22.9. The van der Waals surface area contributed by atoms with Gasteiger partial charge < -0.3 is 15.4 Å². The fraction of sp³-hybridized carbons (Fsp3) is 0.667. The van der Waals surface area contributed by atoms with E-state index >= 15 is 0 Å². The molecule has 11 heteroatoms. The number of nitrogens with zero attached hydrogens (tertiary/aromatic N) is 1. The summed E-state index contributed by atoms with van der Waals surface area (Å²) < 4.78 is 43.4. The molecule has 2 unspecified atom stereocenters. The van der Waals surface area contributed by atoms with Crippen LogP contribution in [0.1, 0.15) is 61.0 Å². The first-order valence-corrected chi connectivity index (χ1v) is 10.9. The molecule has 32 heavy (non-hydrogen) atoms. The fourth-order valence-corrected chi connectivity index (χ4v) is 4.55. The van der Waals surface area contributed by atoms with Gasteiger partial charge in [0.15, 0.2) is 0 Å². The second-order valence-electron chi connectivity index (χ2n) is 9.14. The van der Waals surface area contributed by atoms with E-state index in [-0.39, 0.29) is 30.1 Å². The van der Waals surface area contributed by atoms with E-state index in [1.165, 1.54) is 6.20 Å². The van der Waals surface area contributed by atoms with Crippen molar-refractivity contribution in [3.63, 3.8) is 0 Å². The van der Waals surface area contributed by atoms with E-state index in [0.717, 1.165) is 12.1 Å². The number of hydrogen-bond acceptors (Lipinski definition) is 6. The Hall–Kier alpha value is -2.40. The zero-order valence-electron chi connectivity index (χ0n) is 17.8. The smallest absolute Gasteiger partial charge is 0.407 e. The topological polar surface area (TPSA) is 104 Å². The van der Waals surface area contributed by atoms with Crippen molar-refractivity contribution in [2.45, 2.75) is 81.9 Å². The summed E-state index contributed by atoms with van der Waals surface area (Å²) in [5.74, 6) is 0.0166. The summed E-state index contributed by atoms with van der Waals surface area (Å²) in [5, 5.41) is 5.34. The van der Waals surface area contributed by atoms with E-state index in [4.69, 9.17) is 4.74 Å². The van der Waals surface area contributed by atoms with Crippen molar-refractivity contribution in [1.82, 2.24) is 26.5 Å². The number of ether oxygens (including phenoxy) is 1. The number of hydrazine groups is 1. The van der Waals surface area contributed by atoms with Gasteiger partial charge in [-0.1, -0.05) is 0 Å². The lowest BCUT2D eigenvalue weighted by atomic mass is 9.96. The number of aryl methyl sites for hydroxylation is 1. The Kier molecular flexibility index (Phi) is 6.30. The highest BCUT2D eigenvalue weighted by Gasteiger charge is 2.52. The highest BCUT2D eigenvalue weighted by Crippen LogP contribution is 2.44. The molecule has 3 aliphatic rings. The van der Waals surface area contributed by atoms with Gasteiger partial charge in [0.25, 0.3) is 5.91 Å². The SMILES string of the molecule is Cc1ccc(C(=O)NC2CC([C@H]3CC[C@@H](OC(=O)NC4(CC(F)(F)F)CC4)C3)NN2)cn1. The molecule has 1 aromatic heterocycles. The lowest BCUT2D eigenvalue weighted by Crippen LogP contribution is -2.44. The molecule has 3 fully saturated rings. The van der Waals surface area contributed by atoms with Gasteiger partial charge in [-0.05, 0) is 63.5 Å². The van der Waals surface area contributed by atoms with Crippen LogP contribution in [0.4, 0.5) is 18.0 Å². The second kappa shape index (κ2) is 8.86. The summed E-state index contributed by atoms with van der Waals surface area (Å²) in [7, 11) is 0. The van der Waals surface area contributed by atoms with Crippen LogP contribution in [0.5, 0.6) is 0 Å². The minimum atomic E-state index is -4.31. The first kappa shape index (κ1) is 22.8. The maximum absolute atomic E-state index is 12.7. The van der Waals surface area contributed by atoms with E-state index in [1.54, 1.807) is 12.1 Å². The summed E-state index contributed by atoms with van der Waals surface area (Å²) in [6, 6.07) is 3.59. The Labute approximate surface area is 184 Å². The van der Waals surface area contributed by atoms with Crippen molar-refractivity contribution in [2.24, 2.45) is 5.92 Å². The Morgan fingerprint density at radius 2 is 2.00 bits per heavy atom. The van der Waals surface area contributed by atoms with Crippen LogP contribution >= 0.6 is 0 Å².